The Labute approximate surface area is 521 Å². The zero-order chi connectivity index (χ0) is 61.2. The lowest BCUT2D eigenvalue weighted by Gasteiger charge is -2.30. The number of aliphatic hydroxyl groups excluding tert-OH is 1. The Bertz CT molecular complexity index is 1740. The number of allylic oxidation sites excluding steroid dienone is 18. The van der Waals surface area contributed by atoms with Gasteiger partial charge in [0.15, 0.2) is 0 Å². The molecule has 84 heavy (non-hydrogen) atoms. The summed E-state index contributed by atoms with van der Waals surface area (Å²) in [6, 6.07) is -0.822. The molecule has 8 nitrogen and oxygen atoms in total. The standard InChI is InChI=1S/C75H135N2O6P/c1-6-8-10-12-14-16-18-20-22-24-26-28-30-32-34-36-37-38-39-41-43-45-47-49-51-53-55-57-59-61-63-65-67-69-75(79)76-73(72-83-84(80,81)82-71-70-77(3,4)5)74(78)68-66-64-62-60-58-56-54-52-50-48-46-44-42-40-35-33-31-29-27-25-23-21-19-17-15-13-11-9-7-2/h8,10,14,16,20,22,26,28,32,34,37-38,41,43,47,49,53,55,73-74,78H,6-7,9,11-13,15,17-19,21,23-25,27,29-31,33,35-36,39-40,42,44-46,48,50-52,54,56-72H2,1-5H3,(H-,76,79,80,81)/b10-8-,16-14-,22-20-,28-26-,34-32-,38-37-,43-41-,49-47-,55-53-. The van der Waals surface area contributed by atoms with Crippen molar-refractivity contribution in [3.63, 3.8) is 0 Å². The maximum Gasteiger partial charge on any atom is 0.268 e. The first-order chi connectivity index (χ1) is 41.0. The second-order valence-electron chi connectivity index (χ2n) is 24.9. The fraction of sp³-hybridized carbons (Fsp3) is 0.747. The van der Waals surface area contributed by atoms with Crippen molar-refractivity contribution in [1.29, 1.82) is 0 Å². The van der Waals surface area contributed by atoms with Crippen molar-refractivity contribution in [3.8, 4) is 0 Å². The van der Waals surface area contributed by atoms with E-state index < -0.39 is 20.0 Å². The molecule has 1 amide bonds. The summed E-state index contributed by atoms with van der Waals surface area (Å²) >= 11 is 0. The fourth-order valence-corrected chi connectivity index (χ4v) is 10.8. The molecule has 0 radical (unpaired) electrons. The van der Waals surface area contributed by atoms with Crippen LogP contribution in [0, 0.1) is 0 Å². The minimum atomic E-state index is -4.60. The Hall–Kier alpha value is -2.84. The molecular formula is C75H135N2O6P. The minimum Gasteiger partial charge on any atom is -0.756 e. The molecule has 9 heteroatoms. The number of phosphoric acid groups is 1. The van der Waals surface area contributed by atoms with Gasteiger partial charge in [0.25, 0.3) is 7.82 Å². The molecule has 0 rings (SSSR count). The maximum atomic E-state index is 13.1. The molecule has 0 saturated heterocycles. The van der Waals surface area contributed by atoms with Gasteiger partial charge in [-0.15, -0.1) is 0 Å². The number of likely N-dealkylation sites (N-methyl/N-ethyl adjacent to an activating group) is 1. The Morgan fingerprint density at radius 2 is 0.726 bits per heavy atom. The molecule has 486 valence electrons. The van der Waals surface area contributed by atoms with Crippen molar-refractivity contribution in [3.05, 3.63) is 109 Å². The maximum absolute atomic E-state index is 13.1. The SMILES string of the molecule is CC/C=C\C/C=C\C/C=C\C/C=C\C/C=C\C/C=C\C/C=C\C/C=C\C/C=C\CCCCCCCC(=O)NC(COP(=O)([O-])OCC[N+](C)(C)C)C(O)CCCCCCCCCCCCCCCCCCCCCCCCCCCCCCC. The highest BCUT2D eigenvalue weighted by Crippen LogP contribution is 2.38. The molecule has 0 aliphatic carbocycles. The number of phosphoric ester groups is 1. The van der Waals surface area contributed by atoms with Gasteiger partial charge in [-0.3, -0.25) is 9.36 Å². The third-order valence-electron chi connectivity index (χ3n) is 15.5. The van der Waals surface area contributed by atoms with Crippen LogP contribution in [0.1, 0.15) is 309 Å². The van der Waals surface area contributed by atoms with Crippen molar-refractivity contribution in [2.24, 2.45) is 0 Å². The van der Waals surface area contributed by atoms with E-state index in [2.05, 4.69) is 129 Å². The third-order valence-corrected chi connectivity index (χ3v) is 16.5. The summed E-state index contributed by atoms with van der Waals surface area (Å²) in [7, 11) is 1.28. The summed E-state index contributed by atoms with van der Waals surface area (Å²) in [6.07, 6.45) is 94.5. The van der Waals surface area contributed by atoms with E-state index in [1.807, 2.05) is 21.1 Å². The predicted molar refractivity (Wildman–Crippen MR) is 366 cm³/mol. The molecular weight excluding hydrogens is 1060 g/mol. The lowest BCUT2D eigenvalue weighted by Crippen LogP contribution is -2.46. The molecule has 3 unspecified atom stereocenters. The van der Waals surface area contributed by atoms with Crippen LogP contribution in [0.2, 0.25) is 0 Å². The van der Waals surface area contributed by atoms with Gasteiger partial charge >= 0.3 is 0 Å². The van der Waals surface area contributed by atoms with Gasteiger partial charge in [0.2, 0.25) is 5.91 Å². The lowest BCUT2D eigenvalue weighted by atomic mass is 10.0. The van der Waals surface area contributed by atoms with Crippen molar-refractivity contribution >= 4 is 13.7 Å². The van der Waals surface area contributed by atoms with Gasteiger partial charge in [-0.05, 0) is 83.5 Å². The van der Waals surface area contributed by atoms with Gasteiger partial charge in [0, 0.05) is 6.42 Å². The van der Waals surface area contributed by atoms with Gasteiger partial charge in [-0.2, -0.15) is 0 Å². The van der Waals surface area contributed by atoms with Crippen LogP contribution in [0.25, 0.3) is 0 Å². The molecule has 0 aliphatic rings. The zero-order valence-corrected chi connectivity index (χ0v) is 56.5. The number of aliphatic hydroxyl groups is 1. The van der Waals surface area contributed by atoms with Gasteiger partial charge < -0.3 is 28.8 Å². The van der Waals surface area contributed by atoms with E-state index in [1.165, 1.54) is 167 Å². The zero-order valence-electron chi connectivity index (χ0n) is 55.6. The average molecular weight is 1190 g/mol. The Kier molecular flexibility index (Phi) is 62.4. The van der Waals surface area contributed by atoms with Crippen molar-refractivity contribution in [1.82, 2.24) is 5.32 Å². The number of rotatable bonds is 64. The normalized spacial score (nSPS) is 14.3. The molecule has 0 aromatic heterocycles. The number of quaternary nitrogens is 1. The van der Waals surface area contributed by atoms with E-state index in [9.17, 15) is 19.4 Å². The first-order valence-corrected chi connectivity index (χ1v) is 36.7. The van der Waals surface area contributed by atoms with E-state index in [1.54, 1.807) is 0 Å². The van der Waals surface area contributed by atoms with Crippen LogP contribution in [0.3, 0.4) is 0 Å². The van der Waals surface area contributed by atoms with Crippen LogP contribution in [-0.4, -0.2) is 68.5 Å². The van der Waals surface area contributed by atoms with Gasteiger partial charge in [0.1, 0.15) is 13.2 Å². The van der Waals surface area contributed by atoms with E-state index in [4.69, 9.17) is 9.05 Å². The van der Waals surface area contributed by atoms with Crippen LogP contribution in [0.15, 0.2) is 109 Å². The number of unbranched alkanes of at least 4 members (excludes halogenated alkanes) is 33. The summed E-state index contributed by atoms with van der Waals surface area (Å²) in [4.78, 5) is 25.7. The second kappa shape index (κ2) is 64.6. The highest BCUT2D eigenvalue weighted by molar-refractivity contribution is 7.45. The van der Waals surface area contributed by atoms with E-state index in [0.29, 0.717) is 23.9 Å². The minimum absolute atomic E-state index is 0.00286. The van der Waals surface area contributed by atoms with Crippen molar-refractivity contribution < 1.29 is 32.9 Å². The number of nitrogens with zero attached hydrogens (tertiary/aromatic N) is 1. The monoisotopic (exact) mass is 1190 g/mol. The Morgan fingerprint density at radius 3 is 1.06 bits per heavy atom. The number of hydrogen-bond acceptors (Lipinski definition) is 6. The topological polar surface area (TPSA) is 108 Å². The fourth-order valence-electron chi connectivity index (χ4n) is 10.1. The molecule has 0 spiro atoms. The molecule has 0 heterocycles. The summed E-state index contributed by atoms with van der Waals surface area (Å²) in [5, 5.41) is 14.1. The molecule has 0 saturated carbocycles. The van der Waals surface area contributed by atoms with Gasteiger partial charge in [-0.1, -0.05) is 329 Å². The summed E-state index contributed by atoms with van der Waals surface area (Å²) < 4.78 is 23.5. The third kappa shape index (κ3) is 66.7. The Balaban J connectivity index is 4.14. The molecule has 0 aromatic rings. The summed E-state index contributed by atoms with van der Waals surface area (Å²) in [5.74, 6) is -0.184. The number of carbonyl (C=O) groups excluding carboxylic acids is 1. The van der Waals surface area contributed by atoms with Crippen LogP contribution >= 0.6 is 7.82 Å². The smallest absolute Gasteiger partial charge is 0.268 e. The van der Waals surface area contributed by atoms with Gasteiger partial charge in [0.05, 0.1) is 39.9 Å². The molecule has 2 N–H and O–H groups in total. The van der Waals surface area contributed by atoms with Crippen LogP contribution in [-0.2, 0) is 18.4 Å². The molecule has 3 atom stereocenters. The van der Waals surface area contributed by atoms with Crippen molar-refractivity contribution in [2.45, 2.75) is 321 Å². The highest BCUT2D eigenvalue weighted by Gasteiger charge is 2.24. The van der Waals surface area contributed by atoms with E-state index >= 15 is 0 Å². The average Bonchev–Trinajstić information content (AvgIpc) is 3.56. The molecule has 0 aromatic carbocycles. The quantitative estimate of drug-likeness (QED) is 0.0272. The number of carbonyl (C=O) groups is 1. The molecule has 0 fully saturated rings. The molecule has 0 aliphatic heterocycles. The molecule has 0 bridgehead atoms. The second-order valence-corrected chi connectivity index (χ2v) is 26.3. The van der Waals surface area contributed by atoms with Crippen molar-refractivity contribution in [2.75, 3.05) is 40.9 Å². The predicted octanol–water partition coefficient (Wildman–Crippen LogP) is 22.0. The van der Waals surface area contributed by atoms with E-state index in [0.717, 1.165) is 116 Å². The number of nitrogens with one attached hydrogen (secondary N) is 1. The first-order valence-electron chi connectivity index (χ1n) is 35.2. The van der Waals surface area contributed by atoms with Crippen LogP contribution in [0.4, 0.5) is 0 Å². The van der Waals surface area contributed by atoms with Crippen LogP contribution < -0.4 is 10.2 Å². The Morgan fingerprint density at radius 1 is 0.429 bits per heavy atom. The van der Waals surface area contributed by atoms with Crippen LogP contribution in [0.5, 0.6) is 0 Å². The van der Waals surface area contributed by atoms with Gasteiger partial charge in [-0.25, -0.2) is 0 Å². The summed E-state index contributed by atoms with van der Waals surface area (Å²) in [6.45, 7) is 4.62. The highest BCUT2D eigenvalue weighted by atomic mass is 31.2. The number of hydrogen-bond donors (Lipinski definition) is 2. The first kappa shape index (κ1) is 81.2. The van der Waals surface area contributed by atoms with E-state index in [-0.39, 0.29) is 19.1 Å². The lowest BCUT2D eigenvalue weighted by molar-refractivity contribution is -0.870. The summed E-state index contributed by atoms with van der Waals surface area (Å²) in [5.41, 5.74) is 0. The largest absolute Gasteiger partial charge is 0.756 e. The number of amides is 1.